The topological polar surface area (TPSA) is 80.1 Å². The van der Waals surface area contributed by atoms with Crippen molar-refractivity contribution in [2.24, 2.45) is 5.92 Å². The third-order valence-electron chi connectivity index (χ3n) is 3.84. The molecule has 0 radical (unpaired) electrons. The highest BCUT2D eigenvalue weighted by atomic mass is 16.2. The molecule has 1 aromatic rings. The lowest BCUT2D eigenvalue weighted by atomic mass is 9.96. The van der Waals surface area contributed by atoms with Crippen molar-refractivity contribution in [3.05, 3.63) is 11.6 Å². The van der Waals surface area contributed by atoms with Crippen LogP contribution in [0.5, 0.6) is 0 Å². The van der Waals surface area contributed by atoms with Gasteiger partial charge in [-0.2, -0.15) is 5.10 Å². The molecule has 1 aliphatic rings. The number of nitrogens with one attached hydrogen (secondary N) is 1. The van der Waals surface area contributed by atoms with Gasteiger partial charge in [-0.25, -0.2) is 9.67 Å². The summed E-state index contributed by atoms with van der Waals surface area (Å²) >= 11 is 0. The van der Waals surface area contributed by atoms with Crippen LogP contribution >= 0.6 is 0 Å². The van der Waals surface area contributed by atoms with Crippen LogP contribution in [0.1, 0.15) is 31.4 Å². The van der Waals surface area contributed by atoms with E-state index in [-0.39, 0.29) is 17.7 Å². The maximum atomic E-state index is 12.2. The lowest BCUT2D eigenvalue weighted by Gasteiger charge is -2.31. The van der Waals surface area contributed by atoms with Gasteiger partial charge < -0.3 is 10.2 Å². The molecule has 1 atom stereocenters. The molecule has 116 valence electrons. The number of aryl methyl sites for hydroxylation is 2. The molecular weight excluding hydrogens is 270 g/mol. The van der Waals surface area contributed by atoms with E-state index in [1.807, 2.05) is 20.8 Å². The second-order valence-corrected chi connectivity index (χ2v) is 5.39. The van der Waals surface area contributed by atoms with Gasteiger partial charge in [-0.3, -0.25) is 9.59 Å². The Balaban J connectivity index is 1.79. The van der Waals surface area contributed by atoms with Crippen molar-refractivity contribution >= 4 is 11.8 Å². The fourth-order valence-corrected chi connectivity index (χ4v) is 2.64. The molecule has 7 heteroatoms. The lowest BCUT2D eigenvalue weighted by Crippen LogP contribution is -2.46. The number of likely N-dealkylation sites (tertiary alicyclic amines) is 1. The van der Waals surface area contributed by atoms with Crippen molar-refractivity contribution < 1.29 is 9.59 Å². The summed E-state index contributed by atoms with van der Waals surface area (Å²) in [5.41, 5.74) is 0. The Hall–Kier alpha value is -1.92. The van der Waals surface area contributed by atoms with Gasteiger partial charge in [-0.1, -0.05) is 0 Å². The number of nitrogens with zero attached hydrogens (tertiary/aromatic N) is 4. The van der Waals surface area contributed by atoms with E-state index in [1.54, 1.807) is 9.58 Å². The van der Waals surface area contributed by atoms with Crippen molar-refractivity contribution in [2.45, 2.75) is 40.2 Å². The van der Waals surface area contributed by atoms with Crippen LogP contribution in [0.25, 0.3) is 0 Å². The largest absolute Gasteiger partial charge is 0.354 e. The second kappa shape index (κ2) is 6.69. The van der Waals surface area contributed by atoms with Crippen molar-refractivity contribution in [3.63, 3.8) is 0 Å². The van der Waals surface area contributed by atoms with Gasteiger partial charge in [-0.05, 0) is 27.2 Å². The first-order chi connectivity index (χ1) is 10.0. The van der Waals surface area contributed by atoms with Crippen LogP contribution in [-0.4, -0.2) is 51.1 Å². The standard InChI is InChI=1S/C14H23N5O2/c1-4-18-9-12(5-6-13(18)20)14(21)15-7-8-19-11(3)16-10(2)17-19/h12H,4-9H2,1-3H3,(H,15,21). The van der Waals surface area contributed by atoms with Gasteiger partial charge in [0.2, 0.25) is 11.8 Å². The minimum Gasteiger partial charge on any atom is -0.354 e. The van der Waals surface area contributed by atoms with E-state index in [9.17, 15) is 9.59 Å². The Morgan fingerprint density at radius 2 is 2.19 bits per heavy atom. The summed E-state index contributed by atoms with van der Waals surface area (Å²) in [6.07, 6.45) is 1.11. The molecule has 1 unspecified atom stereocenters. The van der Waals surface area contributed by atoms with Crippen LogP contribution in [-0.2, 0) is 16.1 Å². The van der Waals surface area contributed by atoms with Crippen LogP contribution in [0.15, 0.2) is 0 Å². The molecule has 0 spiro atoms. The van der Waals surface area contributed by atoms with E-state index >= 15 is 0 Å². The molecule has 0 saturated carbocycles. The molecule has 1 aliphatic heterocycles. The van der Waals surface area contributed by atoms with E-state index in [1.165, 1.54) is 0 Å². The highest BCUT2D eigenvalue weighted by molar-refractivity contribution is 5.83. The fraction of sp³-hybridized carbons (Fsp3) is 0.714. The zero-order valence-electron chi connectivity index (χ0n) is 12.9. The van der Waals surface area contributed by atoms with Gasteiger partial charge in [0.05, 0.1) is 12.5 Å². The number of amides is 2. The first kappa shape index (κ1) is 15.5. The van der Waals surface area contributed by atoms with Gasteiger partial charge in [0.1, 0.15) is 11.6 Å². The van der Waals surface area contributed by atoms with Crippen LogP contribution in [0.4, 0.5) is 0 Å². The fourth-order valence-electron chi connectivity index (χ4n) is 2.64. The Morgan fingerprint density at radius 1 is 1.43 bits per heavy atom. The summed E-state index contributed by atoms with van der Waals surface area (Å²) in [5.74, 6) is 1.66. The third-order valence-corrected chi connectivity index (χ3v) is 3.84. The lowest BCUT2D eigenvalue weighted by molar-refractivity contribution is -0.138. The number of piperidine rings is 1. The summed E-state index contributed by atoms with van der Waals surface area (Å²) in [4.78, 5) is 29.7. The molecule has 7 nitrogen and oxygen atoms in total. The number of carbonyl (C=O) groups is 2. The van der Waals surface area contributed by atoms with Crippen LogP contribution in [0, 0.1) is 19.8 Å². The summed E-state index contributed by atoms with van der Waals surface area (Å²) in [6.45, 7) is 8.02. The normalized spacial score (nSPS) is 18.9. The Labute approximate surface area is 124 Å². The molecule has 0 bridgehead atoms. The van der Waals surface area contributed by atoms with Gasteiger partial charge in [0.15, 0.2) is 0 Å². The quantitative estimate of drug-likeness (QED) is 0.845. The Bertz CT molecular complexity index is 525. The zero-order chi connectivity index (χ0) is 15.4. The molecule has 1 aromatic heterocycles. The summed E-state index contributed by atoms with van der Waals surface area (Å²) < 4.78 is 1.79. The molecule has 1 saturated heterocycles. The van der Waals surface area contributed by atoms with E-state index < -0.39 is 0 Å². The molecule has 0 aliphatic carbocycles. The van der Waals surface area contributed by atoms with Crippen LogP contribution in [0.3, 0.4) is 0 Å². The highest BCUT2D eigenvalue weighted by Crippen LogP contribution is 2.17. The zero-order valence-corrected chi connectivity index (χ0v) is 12.9. The third kappa shape index (κ3) is 3.80. The average Bonchev–Trinajstić information content (AvgIpc) is 2.77. The summed E-state index contributed by atoms with van der Waals surface area (Å²) in [5, 5.41) is 7.19. The molecule has 0 aromatic carbocycles. The maximum Gasteiger partial charge on any atom is 0.224 e. The second-order valence-electron chi connectivity index (χ2n) is 5.39. The molecule has 1 fully saturated rings. The predicted molar refractivity (Wildman–Crippen MR) is 77.5 cm³/mol. The first-order valence-corrected chi connectivity index (χ1v) is 7.44. The predicted octanol–water partition coefficient (Wildman–Crippen LogP) is 0.270. The van der Waals surface area contributed by atoms with Crippen molar-refractivity contribution in [1.82, 2.24) is 25.0 Å². The smallest absolute Gasteiger partial charge is 0.224 e. The Morgan fingerprint density at radius 3 is 2.81 bits per heavy atom. The van der Waals surface area contributed by atoms with E-state index in [0.717, 1.165) is 11.6 Å². The van der Waals surface area contributed by atoms with Crippen molar-refractivity contribution in [3.8, 4) is 0 Å². The monoisotopic (exact) mass is 293 g/mol. The number of hydrogen-bond acceptors (Lipinski definition) is 4. The molecule has 2 amide bonds. The SMILES string of the molecule is CCN1CC(C(=O)NCCn2nc(C)nc2C)CCC1=O. The first-order valence-electron chi connectivity index (χ1n) is 7.44. The van der Waals surface area contributed by atoms with E-state index in [0.29, 0.717) is 39.0 Å². The number of aromatic nitrogens is 3. The minimum absolute atomic E-state index is 0.0236. The number of carbonyl (C=O) groups excluding carboxylic acids is 2. The minimum atomic E-state index is -0.0961. The Kier molecular flexibility index (Phi) is 4.93. The van der Waals surface area contributed by atoms with Crippen LogP contribution < -0.4 is 5.32 Å². The van der Waals surface area contributed by atoms with Gasteiger partial charge in [-0.15, -0.1) is 0 Å². The summed E-state index contributed by atoms with van der Waals surface area (Å²) in [6, 6.07) is 0. The molecule has 1 N–H and O–H groups in total. The number of hydrogen-bond donors (Lipinski definition) is 1. The maximum absolute atomic E-state index is 12.2. The number of rotatable bonds is 5. The molecule has 2 heterocycles. The average molecular weight is 293 g/mol. The highest BCUT2D eigenvalue weighted by Gasteiger charge is 2.28. The summed E-state index contributed by atoms with van der Waals surface area (Å²) in [7, 11) is 0. The van der Waals surface area contributed by atoms with Gasteiger partial charge in [0.25, 0.3) is 0 Å². The van der Waals surface area contributed by atoms with Crippen molar-refractivity contribution in [2.75, 3.05) is 19.6 Å². The van der Waals surface area contributed by atoms with Crippen molar-refractivity contribution in [1.29, 1.82) is 0 Å². The molecule has 21 heavy (non-hydrogen) atoms. The molecular formula is C14H23N5O2. The van der Waals surface area contributed by atoms with Gasteiger partial charge >= 0.3 is 0 Å². The molecule has 2 rings (SSSR count). The van der Waals surface area contributed by atoms with E-state index in [2.05, 4.69) is 15.4 Å². The van der Waals surface area contributed by atoms with Crippen LogP contribution in [0.2, 0.25) is 0 Å². The van der Waals surface area contributed by atoms with Gasteiger partial charge in [0, 0.05) is 26.1 Å². The van der Waals surface area contributed by atoms with E-state index in [4.69, 9.17) is 0 Å².